The lowest BCUT2D eigenvalue weighted by Crippen LogP contribution is -2.66. The van der Waals surface area contributed by atoms with E-state index in [2.05, 4.69) is 0 Å². The first kappa shape index (κ1) is 26.1. The number of rotatable bonds is 5. The third-order valence-corrected chi connectivity index (χ3v) is 6.01. The Morgan fingerprint density at radius 3 is 1.44 bits per heavy atom. The summed E-state index contributed by atoms with van der Waals surface area (Å²) in [6, 6.07) is 0. The molecule has 3 aliphatic heterocycles. The average molecular weight is 472 g/mol. The maximum absolute atomic E-state index is 10.8. The van der Waals surface area contributed by atoms with Crippen molar-refractivity contribution >= 4 is 0 Å². The van der Waals surface area contributed by atoms with Crippen LogP contribution >= 0.6 is 0 Å². The molecule has 32 heavy (non-hydrogen) atoms. The van der Waals surface area contributed by atoms with Crippen LogP contribution in [0.2, 0.25) is 0 Å². The van der Waals surface area contributed by atoms with Gasteiger partial charge in [0, 0.05) is 0 Å². The van der Waals surface area contributed by atoms with Gasteiger partial charge in [-0.3, -0.25) is 0 Å². The summed E-state index contributed by atoms with van der Waals surface area (Å²) in [6.07, 6.45) is -22.4. The SMILES string of the molecule is C[C@@H]1O[C@@H](O[C@@H]2[C@@H](O)[C@H](O[C@@H]3O[C@@H](C)[C@H](O)[C@@H](O)[C@H]3O)[C@@H](CO)O[C@@H]2O)[C@H](O)[C@H](O)[C@H]1O. The predicted octanol–water partition coefficient (Wildman–Crippen LogP) is -5.52. The first-order valence-corrected chi connectivity index (χ1v) is 10.3. The van der Waals surface area contributed by atoms with E-state index in [9.17, 15) is 46.0 Å². The summed E-state index contributed by atoms with van der Waals surface area (Å²) in [7, 11) is 0. The monoisotopic (exact) mass is 472 g/mol. The van der Waals surface area contributed by atoms with Gasteiger partial charge in [0.1, 0.15) is 61.0 Å². The molecular formula is C18H32O14. The van der Waals surface area contributed by atoms with Crippen molar-refractivity contribution in [2.45, 2.75) is 106 Å². The van der Waals surface area contributed by atoms with E-state index in [4.69, 9.17) is 23.7 Å². The normalized spacial score (nSPS) is 55.0. The highest BCUT2D eigenvalue weighted by molar-refractivity contribution is 4.95. The number of ether oxygens (including phenoxy) is 5. The fourth-order valence-corrected chi connectivity index (χ4v) is 3.93. The van der Waals surface area contributed by atoms with Crippen LogP contribution in [0.25, 0.3) is 0 Å². The van der Waals surface area contributed by atoms with Crippen molar-refractivity contribution in [2.75, 3.05) is 6.61 Å². The molecule has 188 valence electrons. The molecule has 14 heteroatoms. The van der Waals surface area contributed by atoms with Gasteiger partial charge in [-0.2, -0.15) is 0 Å². The van der Waals surface area contributed by atoms with Crippen LogP contribution in [0.3, 0.4) is 0 Å². The zero-order chi connectivity index (χ0) is 23.9. The van der Waals surface area contributed by atoms with E-state index in [1.54, 1.807) is 0 Å². The Kier molecular flexibility index (Phi) is 8.44. The lowest BCUT2D eigenvalue weighted by Gasteiger charge is -2.47. The molecular weight excluding hydrogens is 440 g/mol. The van der Waals surface area contributed by atoms with E-state index in [1.165, 1.54) is 13.8 Å². The molecule has 0 saturated carbocycles. The second-order valence-electron chi connectivity index (χ2n) is 8.30. The second kappa shape index (κ2) is 10.4. The van der Waals surface area contributed by atoms with Crippen LogP contribution < -0.4 is 0 Å². The molecule has 3 heterocycles. The Hall–Kier alpha value is -0.560. The molecule has 3 aliphatic rings. The fourth-order valence-electron chi connectivity index (χ4n) is 3.93. The Morgan fingerprint density at radius 2 is 1.00 bits per heavy atom. The largest absolute Gasteiger partial charge is 0.394 e. The zero-order valence-corrected chi connectivity index (χ0v) is 17.4. The molecule has 0 amide bonds. The van der Waals surface area contributed by atoms with Crippen molar-refractivity contribution in [2.24, 2.45) is 0 Å². The molecule has 0 aromatic rings. The first-order valence-electron chi connectivity index (χ1n) is 10.3. The maximum atomic E-state index is 10.8. The molecule has 0 aliphatic carbocycles. The molecule has 15 atom stereocenters. The van der Waals surface area contributed by atoms with Crippen LogP contribution in [0, 0.1) is 0 Å². The summed E-state index contributed by atoms with van der Waals surface area (Å²) in [5.74, 6) is 0. The van der Waals surface area contributed by atoms with Gasteiger partial charge in [-0.25, -0.2) is 0 Å². The Bertz CT molecular complexity index is 610. The minimum Gasteiger partial charge on any atom is -0.394 e. The van der Waals surface area contributed by atoms with Crippen LogP contribution in [0.15, 0.2) is 0 Å². The number of hydrogen-bond acceptors (Lipinski definition) is 14. The fraction of sp³-hybridized carbons (Fsp3) is 1.00. The van der Waals surface area contributed by atoms with Gasteiger partial charge in [0.2, 0.25) is 0 Å². The van der Waals surface area contributed by atoms with E-state index >= 15 is 0 Å². The summed E-state index contributed by atoms with van der Waals surface area (Å²) < 4.78 is 26.8. The molecule has 3 fully saturated rings. The highest BCUT2D eigenvalue weighted by Gasteiger charge is 2.52. The number of aliphatic hydroxyl groups is 9. The molecule has 0 unspecified atom stereocenters. The summed E-state index contributed by atoms with van der Waals surface area (Å²) in [6.45, 7) is 2.11. The summed E-state index contributed by atoms with van der Waals surface area (Å²) in [5, 5.41) is 90.4. The third-order valence-electron chi connectivity index (χ3n) is 6.01. The van der Waals surface area contributed by atoms with Crippen LogP contribution in [0.1, 0.15) is 13.8 Å². The summed E-state index contributed by atoms with van der Waals surface area (Å²) >= 11 is 0. The van der Waals surface area contributed by atoms with Gasteiger partial charge in [-0.05, 0) is 13.8 Å². The first-order chi connectivity index (χ1) is 15.0. The Labute approximate surface area is 183 Å². The minimum atomic E-state index is -1.82. The summed E-state index contributed by atoms with van der Waals surface area (Å²) in [5.41, 5.74) is 0. The smallest absolute Gasteiger partial charge is 0.187 e. The molecule has 3 rings (SSSR count). The maximum Gasteiger partial charge on any atom is 0.187 e. The van der Waals surface area contributed by atoms with E-state index in [-0.39, 0.29) is 0 Å². The van der Waals surface area contributed by atoms with Gasteiger partial charge < -0.3 is 69.6 Å². The average Bonchev–Trinajstić information content (AvgIpc) is 2.76. The lowest BCUT2D eigenvalue weighted by molar-refractivity contribution is -0.380. The minimum absolute atomic E-state index is 0.723. The Morgan fingerprint density at radius 1 is 0.562 bits per heavy atom. The zero-order valence-electron chi connectivity index (χ0n) is 17.4. The van der Waals surface area contributed by atoms with E-state index in [0.29, 0.717) is 0 Å². The van der Waals surface area contributed by atoms with E-state index < -0.39 is 98.7 Å². The third kappa shape index (κ3) is 4.94. The van der Waals surface area contributed by atoms with Crippen LogP contribution in [-0.2, 0) is 23.7 Å². The van der Waals surface area contributed by atoms with Crippen molar-refractivity contribution in [3.8, 4) is 0 Å². The molecule has 0 aromatic carbocycles. The number of aliphatic hydroxyl groups excluding tert-OH is 9. The van der Waals surface area contributed by atoms with Crippen LogP contribution in [0.5, 0.6) is 0 Å². The van der Waals surface area contributed by atoms with E-state index in [0.717, 1.165) is 0 Å². The quantitative estimate of drug-likeness (QED) is 0.182. The van der Waals surface area contributed by atoms with Crippen molar-refractivity contribution in [3.05, 3.63) is 0 Å². The molecule has 0 radical (unpaired) electrons. The van der Waals surface area contributed by atoms with Gasteiger partial charge in [0.05, 0.1) is 18.8 Å². The van der Waals surface area contributed by atoms with Crippen LogP contribution in [-0.4, -0.2) is 145 Å². The van der Waals surface area contributed by atoms with Crippen molar-refractivity contribution in [1.82, 2.24) is 0 Å². The standard InChI is InChI=1S/C18H32O14/c1-4-7(20)9(22)11(24)17(28-4)31-14-6(3-19)30-16(27)15(13(14)26)32-18-12(25)10(23)8(21)5(2)29-18/h4-27H,3H2,1-2H3/t4-,5-,6+,7-,8-,9+,10+,11+,12+,13-,14+,15+,16-,17-,18-/m0/s1. The molecule has 0 aromatic heterocycles. The number of hydrogen-bond donors (Lipinski definition) is 9. The second-order valence-corrected chi connectivity index (χ2v) is 8.30. The Balaban J connectivity index is 1.74. The van der Waals surface area contributed by atoms with Crippen molar-refractivity contribution in [3.63, 3.8) is 0 Å². The highest BCUT2D eigenvalue weighted by atomic mass is 16.7. The predicted molar refractivity (Wildman–Crippen MR) is 98.4 cm³/mol. The van der Waals surface area contributed by atoms with Gasteiger partial charge in [0.15, 0.2) is 18.9 Å². The van der Waals surface area contributed by atoms with Gasteiger partial charge >= 0.3 is 0 Å². The molecule has 9 N–H and O–H groups in total. The van der Waals surface area contributed by atoms with Crippen LogP contribution in [0.4, 0.5) is 0 Å². The van der Waals surface area contributed by atoms with E-state index in [1.807, 2.05) is 0 Å². The van der Waals surface area contributed by atoms with Gasteiger partial charge in [0.25, 0.3) is 0 Å². The van der Waals surface area contributed by atoms with Gasteiger partial charge in [-0.1, -0.05) is 0 Å². The lowest BCUT2D eigenvalue weighted by atomic mass is 9.96. The van der Waals surface area contributed by atoms with Crippen molar-refractivity contribution in [1.29, 1.82) is 0 Å². The molecule has 14 nitrogen and oxygen atoms in total. The van der Waals surface area contributed by atoms with Gasteiger partial charge in [-0.15, -0.1) is 0 Å². The molecule has 3 saturated heterocycles. The highest BCUT2D eigenvalue weighted by Crippen LogP contribution is 2.32. The topological polar surface area (TPSA) is 228 Å². The summed E-state index contributed by atoms with van der Waals surface area (Å²) in [4.78, 5) is 0. The molecule has 0 bridgehead atoms. The molecule has 0 spiro atoms. The van der Waals surface area contributed by atoms with Crippen molar-refractivity contribution < 1.29 is 69.6 Å².